The molecule has 0 saturated carbocycles. The van der Waals surface area contributed by atoms with Crippen LogP contribution in [0.3, 0.4) is 0 Å². The maximum absolute atomic E-state index is 12.4. The Bertz CT molecular complexity index is 314. The predicted molar refractivity (Wildman–Crippen MR) is 31.7 cm³/mol. The van der Waals surface area contributed by atoms with Crippen LogP contribution in [0.1, 0.15) is 0 Å². The van der Waals surface area contributed by atoms with Crippen LogP contribution in [0, 0.1) is 23.5 Å². The van der Waals surface area contributed by atoms with Gasteiger partial charge in [-0.1, -0.05) is 0 Å². The molecule has 0 N–H and O–H groups in total. The Morgan fingerprint density at radius 2 is 1.23 bits per heavy atom. The Hall–Kier alpha value is -1.21. The second kappa shape index (κ2) is 3.27. The van der Waals surface area contributed by atoms with Gasteiger partial charge in [-0.2, -0.15) is 13.8 Å². The lowest BCUT2D eigenvalue weighted by atomic mass is 9.86. The molecule has 0 spiro atoms. The highest BCUT2D eigenvalue weighted by Crippen LogP contribution is 2.08. The number of halogens is 6. The lowest BCUT2D eigenvalue weighted by molar-refractivity contribution is 0.411. The molecule has 70 valence electrons. The lowest BCUT2D eigenvalue weighted by Crippen LogP contribution is -2.31. The highest BCUT2D eigenvalue weighted by atomic mass is 19.2. The molecule has 0 bridgehead atoms. The number of hydrogen-bond acceptors (Lipinski definition) is 1. The maximum atomic E-state index is 12.4. The molecule has 0 aliphatic rings. The van der Waals surface area contributed by atoms with Crippen LogP contribution in [0.15, 0.2) is 0 Å². The van der Waals surface area contributed by atoms with Gasteiger partial charge in [-0.3, -0.25) is 8.63 Å². The third-order valence-electron chi connectivity index (χ3n) is 1.25. The largest absolute Gasteiger partial charge is 0.578 e. The van der Waals surface area contributed by atoms with E-state index in [1.807, 2.05) is 0 Å². The van der Waals surface area contributed by atoms with Crippen molar-refractivity contribution in [1.82, 2.24) is 4.98 Å². The number of pyridine rings is 1. The lowest BCUT2D eigenvalue weighted by Gasteiger charge is -2.01. The standard InChI is InChI=1S/C5BF6N/c7-2-1(6(11)12)3(8)5(10)13-4(2)9. The Labute approximate surface area is 68.6 Å². The summed E-state index contributed by atoms with van der Waals surface area (Å²) < 4.78 is 72.7. The Balaban J connectivity index is 3.46. The molecule has 1 rings (SSSR count). The van der Waals surface area contributed by atoms with E-state index in [2.05, 4.69) is 4.98 Å². The van der Waals surface area contributed by atoms with Gasteiger partial charge < -0.3 is 0 Å². The Morgan fingerprint density at radius 1 is 0.846 bits per heavy atom. The first-order valence-electron chi connectivity index (χ1n) is 2.93. The fourth-order valence-electron chi connectivity index (χ4n) is 0.695. The fraction of sp³-hybridized carbons (Fsp3) is 0. The van der Waals surface area contributed by atoms with Gasteiger partial charge in [0.25, 0.3) is 11.9 Å². The van der Waals surface area contributed by atoms with Crippen molar-refractivity contribution in [1.29, 1.82) is 0 Å². The molecule has 0 aliphatic heterocycles. The molecule has 0 fully saturated rings. The highest BCUT2D eigenvalue weighted by Gasteiger charge is 2.31. The van der Waals surface area contributed by atoms with Crippen molar-refractivity contribution in [2.75, 3.05) is 0 Å². The number of rotatable bonds is 1. The summed E-state index contributed by atoms with van der Waals surface area (Å²) in [5.74, 6) is -8.52. The SMILES string of the molecule is FB(F)c1c(F)c(F)nc(F)c1F. The van der Waals surface area contributed by atoms with Crippen LogP contribution in [0.25, 0.3) is 0 Å². The van der Waals surface area contributed by atoms with E-state index in [-0.39, 0.29) is 0 Å². The topological polar surface area (TPSA) is 12.9 Å². The van der Waals surface area contributed by atoms with Crippen molar-refractivity contribution in [3.8, 4) is 0 Å². The van der Waals surface area contributed by atoms with Gasteiger partial charge in [-0.25, -0.2) is 8.78 Å². The minimum atomic E-state index is -3.63. The van der Waals surface area contributed by atoms with E-state index in [0.717, 1.165) is 0 Å². The summed E-state index contributed by atoms with van der Waals surface area (Å²) in [5.41, 5.74) is -1.94. The first-order valence-corrected chi connectivity index (χ1v) is 2.93. The van der Waals surface area contributed by atoms with Crippen molar-refractivity contribution in [3.63, 3.8) is 0 Å². The molecule has 0 aliphatic carbocycles. The van der Waals surface area contributed by atoms with Gasteiger partial charge in [-0.05, 0) is 0 Å². The van der Waals surface area contributed by atoms with E-state index in [0.29, 0.717) is 0 Å². The van der Waals surface area contributed by atoms with Gasteiger partial charge in [-0.15, -0.1) is 0 Å². The van der Waals surface area contributed by atoms with Gasteiger partial charge >= 0.3 is 7.27 Å². The molecular formula is C5BF6N. The van der Waals surface area contributed by atoms with E-state index >= 15 is 0 Å². The van der Waals surface area contributed by atoms with Crippen molar-refractivity contribution in [2.45, 2.75) is 0 Å². The van der Waals surface area contributed by atoms with Crippen molar-refractivity contribution < 1.29 is 26.2 Å². The molecule has 8 heteroatoms. The smallest absolute Gasteiger partial charge is 0.281 e. The van der Waals surface area contributed by atoms with Gasteiger partial charge in [0.2, 0.25) is 0 Å². The molecule has 0 aromatic carbocycles. The zero-order valence-corrected chi connectivity index (χ0v) is 5.79. The molecule has 13 heavy (non-hydrogen) atoms. The van der Waals surface area contributed by atoms with Crippen LogP contribution in [0.2, 0.25) is 0 Å². The van der Waals surface area contributed by atoms with Crippen LogP contribution in [0.4, 0.5) is 26.2 Å². The zero-order valence-electron chi connectivity index (χ0n) is 5.79. The first-order chi connectivity index (χ1) is 5.95. The summed E-state index contributed by atoms with van der Waals surface area (Å²) in [6.07, 6.45) is 0. The van der Waals surface area contributed by atoms with Gasteiger partial charge in [0.05, 0.1) is 5.46 Å². The van der Waals surface area contributed by atoms with E-state index in [1.54, 1.807) is 0 Å². The quantitative estimate of drug-likeness (QED) is 0.377. The Morgan fingerprint density at radius 3 is 1.54 bits per heavy atom. The molecule has 0 saturated heterocycles. The third-order valence-corrected chi connectivity index (χ3v) is 1.25. The third kappa shape index (κ3) is 1.61. The van der Waals surface area contributed by atoms with E-state index in [4.69, 9.17) is 0 Å². The number of aromatic nitrogens is 1. The second-order valence-electron chi connectivity index (χ2n) is 2.04. The van der Waals surface area contributed by atoms with E-state index < -0.39 is 36.3 Å². The molecule has 1 heterocycles. The molecule has 0 atom stereocenters. The van der Waals surface area contributed by atoms with E-state index in [1.165, 1.54) is 0 Å². The minimum Gasteiger partial charge on any atom is -0.281 e. The minimum absolute atomic E-state index is 1.94. The summed E-state index contributed by atoms with van der Waals surface area (Å²) in [6.45, 7) is 0. The Kier molecular flexibility index (Phi) is 2.49. The van der Waals surface area contributed by atoms with Crippen LogP contribution in [-0.2, 0) is 0 Å². The van der Waals surface area contributed by atoms with Crippen molar-refractivity contribution in [2.24, 2.45) is 0 Å². The van der Waals surface area contributed by atoms with Crippen LogP contribution in [0.5, 0.6) is 0 Å². The zero-order chi connectivity index (χ0) is 10.2. The maximum Gasteiger partial charge on any atom is 0.578 e. The number of nitrogens with zero attached hydrogens (tertiary/aromatic N) is 1. The molecule has 1 aromatic rings. The average Bonchev–Trinajstić information content (AvgIpc) is 2.01. The summed E-state index contributed by atoms with van der Waals surface area (Å²) in [4.78, 5) is 2.10. The normalized spacial score (nSPS) is 10.3. The first kappa shape index (κ1) is 9.88. The molecule has 1 aromatic heterocycles. The van der Waals surface area contributed by atoms with Gasteiger partial charge in [0, 0.05) is 0 Å². The molecule has 0 radical (unpaired) electrons. The molecule has 1 nitrogen and oxygen atoms in total. The van der Waals surface area contributed by atoms with E-state index in [9.17, 15) is 26.2 Å². The number of hydrogen-bond donors (Lipinski definition) is 0. The molecule has 0 amide bonds. The second-order valence-corrected chi connectivity index (χ2v) is 2.04. The van der Waals surface area contributed by atoms with Crippen molar-refractivity contribution >= 4 is 12.7 Å². The summed E-state index contributed by atoms with van der Waals surface area (Å²) >= 11 is 0. The van der Waals surface area contributed by atoms with Crippen LogP contribution >= 0.6 is 0 Å². The predicted octanol–water partition coefficient (Wildman–Crippen LogP) is 1.27. The van der Waals surface area contributed by atoms with Gasteiger partial charge in [0.1, 0.15) is 0 Å². The van der Waals surface area contributed by atoms with Crippen molar-refractivity contribution in [3.05, 3.63) is 23.5 Å². The summed E-state index contributed by atoms with van der Waals surface area (Å²) in [6, 6.07) is 0. The summed E-state index contributed by atoms with van der Waals surface area (Å²) in [7, 11) is -3.63. The molecular weight excluding hydrogens is 199 g/mol. The highest BCUT2D eigenvalue weighted by molar-refractivity contribution is 6.60. The summed E-state index contributed by atoms with van der Waals surface area (Å²) in [5, 5.41) is 0. The van der Waals surface area contributed by atoms with Crippen LogP contribution < -0.4 is 5.46 Å². The average molecular weight is 199 g/mol. The van der Waals surface area contributed by atoms with Crippen LogP contribution in [-0.4, -0.2) is 12.3 Å². The monoisotopic (exact) mass is 199 g/mol. The van der Waals surface area contributed by atoms with Gasteiger partial charge in [0.15, 0.2) is 11.6 Å². The molecule has 0 unspecified atom stereocenters. The fourth-order valence-corrected chi connectivity index (χ4v) is 0.695.